The van der Waals surface area contributed by atoms with E-state index in [1.165, 1.54) is 0 Å². The van der Waals surface area contributed by atoms with Crippen molar-refractivity contribution in [3.8, 4) is 0 Å². The molecule has 0 aromatic heterocycles. The van der Waals surface area contributed by atoms with E-state index >= 15 is 0 Å². The van der Waals surface area contributed by atoms with Crippen molar-refractivity contribution in [1.82, 2.24) is 10.6 Å². The third kappa shape index (κ3) is 4.77. The minimum Gasteiger partial charge on any atom is -0.381 e. The van der Waals surface area contributed by atoms with E-state index in [4.69, 9.17) is 5.73 Å². The van der Waals surface area contributed by atoms with Crippen molar-refractivity contribution in [1.29, 1.82) is 0 Å². The van der Waals surface area contributed by atoms with E-state index in [1.807, 2.05) is 18.2 Å². The number of fused-ring (bicyclic) bond motifs is 1. The van der Waals surface area contributed by atoms with E-state index < -0.39 is 5.92 Å². The molecule has 3 atom stereocenters. The van der Waals surface area contributed by atoms with Gasteiger partial charge in [-0.05, 0) is 36.3 Å². The van der Waals surface area contributed by atoms with Crippen molar-refractivity contribution in [3.05, 3.63) is 35.7 Å². The van der Waals surface area contributed by atoms with Gasteiger partial charge in [0.2, 0.25) is 11.9 Å². The van der Waals surface area contributed by atoms with Crippen LogP contribution in [0.4, 0.5) is 0 Å². The number of nitrogens with two attached hydrogens (primary N) is 1. The first-order chi connectivity index (χ1) is 13.3. The minimum absolute atomic E-state index is 0.0396. The maximum atomic E-state index is 12.5. The second-order valence-electron chi connectivity index (χ2n) is 8.23. The highest BCUT2D eigenvalue weighted by Gasteiger charge is 2.35. The fourth-order valence-electron chi connectivity index (χ4n) is 3.92. The van der Waals surface area contributed by atoms with E-state index in [0.29, 0.717) is 42.8 Å². The monoisotopic (exact) mass is 383 g/mol. The Morgan fingerprint density at radius 3 is 2.86 bits per heavy atom. The first-order valence-electron chi connectivity index (χ1n) is 9.90. The molecule has 0 aromatic carbocycles. The molecule has 7 nitrogen and oxygen atoms in total. The van der Waals surface area contributed by atoms with Crippen LogP contribution in [0.25, 0.3) is 0 Å². The predicted molar refractivity (Wildman–Crippen MR) is 110 cm³/mol. The van der Waals surface area contributed by atoms with Crippen LogP contribution >= 0.6 is 0 Å². The van der Waals surface area contributed by atoms with Crippen molar-refractivity contribution in [2.24, 2.45) is 39.4 Å². The van der Waals surface area contributed by atoms with Gasteiger partial charge >= 0.3 is 0 Å². The van der Waals surface area contributed by atoms with Crippen molar-refractivity contribution < 1.29 is 9.59 Å². The molecule has 0 fully saturated rings. The summed E-state index contributed by atoms with van der Waals surface area (Å²) in [5.41, 5.74) is 7.36. The van der Waals surface area contributed by atoms with E-state index in [1.54, 1.807) is 6.20 Å². The summed E-state index contributed by atoms with van der Waals surface area (Å²) in [4.78, 5) is 32.9. The summed E-state index contributed by atoms with van der Waals surface area (Å²) in [6.07, 6.45) is 10.1. The molecule has 2 aliphatic heterocycles. The maximum absolute atomic E-state index is 12.5. The Balaban J connectivity index is 1.47. The van der Waals surface area contributed by atoms with Gasteiger partial charge < -0.3 is 11.1 Å². The Morgan fingerprint density at radius 1 is 1.39 bits per heavy atom. The number of amidine groups is 1. The van der Waals surface area contributed by atoms with Crippen LogP contribution in [0.1, 0.15) is 40.0 Å². The number of nitrogens with zero attached hydrogens (tertiary/aromatic N) is 2. The molecular weight excluding hydrogens is 354 g/mol. The zero-order valence-electron chi connectivity index (χ0n) is 16.7. The van der Waals surface area contributed by atoms with E-state index in [2.05, 4.69) is 41.4 Å². The molecule has 28 heavy (non-hydrogen) atoms. The summed E-state index contributed by atoms with van der Waals surface area (Å²) in [7, 11) is 0. The third-order valence-corrected chi connectivity index (χ3v) is 5.17. The number of carbonyl (C=O) groups is 2. The van der Waals surface area contributed by atoms with Gasteiger partial charge in [0, 0.05) is 30.8 Å². The number of hydrogen-bond acceptors (Lipinski definition) is 6. The second kappa shape index (κ2) is 8.54. The van der Waals surface area contributed by atoms with Crippen molar-refractivity contribution in [3.63, 3.8) is 0 Å². The Bertz CT molecular complexity index is 804. The molecule has 1 amide bonds. The first-order valence-corrected chi connectivity index (χ1v) is 9.90. The maximum Gasteiger partial charge on any atom is 0.241 e. The van der Waals surface area contributed by atoms with E-state index in [0.717, 1.165) is 17.7 Å². The number of amides is 1. The SMILES string of the molecule is CC(C)CC(C)CC(=O)C1C=CC(NCC2=CN=C3N=C(N)NC(=O)C23)=CC1. The van der Waals surface area contributed by atoms with Gasteiger partial charge in [-0.15, -0.1) is 0 Å². The minimum atomic E-state index is -0.482. The number of guanidine groups is 1. The number of allylic oxidation sites excluding steroid dienone is 3. The smallest absolute Gasteiger partial charge is 0.241 e. The Labute approximate surface area is 166 Å². The fraction of sp³-hybridized carbons (Fsp3) is 0.524. The molecule has 0 bridgehead atoms. The zero-order valence-corrected chi connectivity index (χ0v) is 16.7. The van der Waals surface area contributed by atoms with Gasteiger partial charge in [-0.2, -0.15) is 4.99 Å². The van der Waals surface area contributed by atoms with E-state index in [-0.39, 0.29) is 17.8 Å². The summed E-state index contributed by atoms with van der Waals surface area (Å²) < 4.78 is 0. The van der Waals surface area contributed by atoms with E-state index in [9.17, 15) is 9.59 Å². The molecule has 3 unspecified atom stereocenters. The molecule has 0 saturated carbocycles. The molecule has 4 N–H and O–H groups in total. The lowest BCUT2D eigenvalue weighted by Crippen LogP contribution is -2.48. The van der Waals surface area contributed by atoms with Gasteiger partial charge in [0.15, 0.2) is 0 Å². The van der Waals surface area contributed by atoms with Crippen LogP contribution < -0.4 is 16.4 Å². The van der Waals surface area contributed by atoms with Gasteiger partial charge in [0.05, 0.1) is 0 Å². The number of nitrogens with one attached hydrogen (secondary N) is 2. The Morgan fingerprint density at radius 2 is 2.18 bits per heavy atom. The fourth-order valence-corrected chi connectivity index (χ4v) is 3.92. The molecule has 2 heterocycles. The number of hydrogen-bond donors (Lipinski definition) is 3. The highest BCUT2D eigenvalue weighted by atomic mass is 16.2. The number of rotatable bonds is 8. The molecule has 150 valence electrons. The normalized spacial score (nSPS) is 24.6. The van der Waals surface area contributed by atoms with Gasteiger partial charge in [-0.3, -0.25) is 14.9 Å². The topological polar surface area (TPSA) is 109 Å². The molecule has 0 spiro atoms. The predicted octanol–water partition coefficient (Wildman–Crippen LogP) is 2.03. The number of aliphatic imine (C=N–C) groups is 2. The Hall–Kier alpha value is -2.70. The lowest BCUT2D eigenvalue weighted by atomic mass is 9.87. The van der Waals surface area contributed by atoms with Crippen LogP contribution in [0.2, 0.25) is 0 Å². The summed E-state index contributed by atoms with van der Waals surface area (Å²) in [6, 6.07) is 0. The molecule has 1 aliphatic carbocycles. The first kappa shape index (κ1) is 20.0. The third-order valence-electron chi connectivity index (χ3n) is 5.17. The molecule has 3 rings (SSSR count). The Kier molecular flexibility index (Phi) is 6.11. The zero-order chi connectivity index (χ0) is 20.3. The lowest BCUT2D eigenvalue weighted by molar-refractivity contribution is -0.122. The van der Waals surface area contributed by atoms with Crippen LogP contribution in [0, 0.1) is 23.7 Å². The number of Topliss-reactive ketones (excluding diaryl/α,β-unsaturated/α-hetero) is 1. The molecule has 3 aliphatic rings. The number of ketones is 1. The average molecular weight is 383 g/mol. The summed E-state index contributed by atoms with van der Waals surface area (Å²) >= 11 is 0. The average Bonchev–Trinajstić information content (AvgIpc) is 3.02. The van der Waals surface area contributed by atoms with Gasteiger partial charge in [-0.1, -0.05) is 32.9 Å². The summed E-state index contributed by atoms with van der Waals surface area (Å²) in [6.45, 7) is 7.01. The summed E-state index contributed by atoms with van der Waals surface area (Å²) in [5, 5.41) is 5.85. The van der Waals surface area contributed by atoms with Gasteiger partial charge in [0.25, 0.3) is 0 Å². The molecular formula is C21H29N5O2. The van der Waals surface area contributed by atoms with Crippen LogP contribution in [-0.2, 0) is 9.59 Å². The molecule has 0 radical (unpaired) electrons. The van der Waals surface area contributed by atoms with Gasteiger partial charge in [-0.25, -0.2) is 4.99 Å². The van der Waals surface area contributed by atoms with Crippen molar-refractivity contribution in [2.75, 3.05) is 6.54 Å². The molecule has 0 saturated heterocycles. The molecule has 7 heteroatoms. The second-order valence-corrected chi connectivity index (χ2v) is 8.23. The van der Waals surface area contributed by atoms with Gasteiger partial charge in [0.1, 0.15) is 17.5 Å². The summed E-state index contributed by atoms with van der Waals surface area (Å²) in [5.74, 6) is 1.14. The standard InChI is InChI=1S/C21H29N5O2/c1-12(2)8-13(3)9-17(27)14-4-6-16(7-5-14)23-10-15-11-24-19-18(15)20(28)26-21(22)25-19/h4,6-7,11-14,18,23H,5,8-10H2,1-3H3,(H3,22,24,25,26,28). The van der Waals surface area contributed by atoms with Crippen LogP contribution in [0.15, 0.2) is 45.7 Å². The number of carbonyl (C=O) groups excluding carboxylic acids is 2. The van der Waals surface area contributed by atoms with Crippen LogP contribution in [0.3, 0.4) is 0 Å². The lowest BCUT2D eigenvalue weighted by Gasteiger charge is -2.21. The highest BCUT2D eigenvalue weighted by Crippen LogP contribution is 2.25. The van der Waals surface area contributed by atoms with Crippen molar-refractivity contribution >= 4 is 23.5 Å². The van der Waals surface area contributed by atoms with Crippen LogP contribution in [0.5, 0.6) is 0 Å². The van der Waals surface area contributed by atoms with Crippen LogP contribution in [-0.4, -0.2) is 30.0 Å². The highest BCUT2D eigenvalue weighted by molar-refractivity contribution is 6.19. The molecule has 0 aromatic rings. The van der Waals surface area contributed by atoms with Crippen molar-refractivity contribution in [2.45, 2.75) is 40.0 Å². The quantitative estimate of drug-likeness (QED) is 0.596. The largest absolute Gasteiger partial charge is 0.381 e.